The second kappa shape index (κ2) is 9.88. The van der Waals surface area contributed by atoms with Crippen LogP contribution in [0.15, 0.2) is 52.9 Å². The zero-order valence-electron chi connectivity index (χ0n) is 14.3. The molecule has 0 atom stereocenters. The number of rotatable bonds is 7. The maximum atomic E-state index is 12.2. The molecule has 2 amide bonds. The van der Waals surface area contributed by atoms with Gasteiger partial charge < -0.3 is 5.32 Å². The minimum absolute atomic E-state index is 0.148. The summed E-state index contributed by atoms with van der Waals surface area (Å²) in [7, 11) is 0. The van der Waals surface area contributed by atoms with Gasteiger partial charge in [-0.3, -0.25) is 14.9 Å². The molecule has 144 valence electrons. The topological polar surface area (TPSA) is 84.0 Å². The van der Waals surface area contributed by atoms with E-state index >= 15 is 0 Å². The van der Waals surface area contributed by atoms with E-state index in [1.54, 1.807) is 30.3 Å². The van der Waals surface area contributed by atoms with Gasteiger partial charge >= 0.3 is 0 Å². The summed E-state index contributed by atoms with van der Waals surface area (Å²) in [5.41, 5.74) is 1.28. The Morgan fingerprint density at radius 3 is 2.68 bits per heavy atom. The monoisotopic (exact) mass is 452 g/mol. The Morgan fingerprint density at radius 1 is 1.07 bits per heavy atom. The zero-order chi connectivity index (χ0) is 19.9. The average Bonchev–Trinajstić information content (AvgIpc) is 3.13. The molecule has 28 heavy (non-hydrogen) atoms. The van der Waals surface area contributed by atoms with Crippen molar-refractivity contribution in [3.63, 3.8) is 0 Å². The largest absolute Gasteiger partial charge is 0.351 e. The molecule has 2 N–H and O–H groups in total. The van der Waals surface area contributed by atoms with Crippen molar-refractivity contribution in [2.24, 2.45) is 0 Å². The number of anilines is 1. The number of nitrogens with zero attached hydrogens (tertiary/aromatic N) is 2. The molecule has 0 bridgehead atoms. The Labute approximate surface area is 179 Å². The third kappa shape index (κ3) is 5.93. The molecule has 0 fully saturated rings. The van der Waals surface area contributed by atoms with Gasteiger partial charge in [-0.25, -0.2) is 0 Å². The number of carbonyl (C=O) groups is 2. The van der Waals surface area contributed by atoms with Crippen LogP contribution in [0.4, 0.5) is 5.13 Å². The smallest absolute Gasteiger partial charge is 0.257 e. The Kier molecular flexibility index (Phi) is 7.27. The maximum absolute atomic E-state index is 12.2. The average molecular weight is 453 g/mol. The maximum Gasteiger partial charge on any atom is 0.257 e. The normalized spacial score (nSPS) is 10.5. The summed E-state index contributed by atoms with van der Waals surface area (Å²) < 4.78 is 0.578. The molecular formula is C18H14Cl2N4O2S2. The summed E-state index contributed by atoms with van der Waals surface area (Å²) >= 11 is 14.4. The molecule has 0 radical (unpaired) electrons. The molecule has 0 spiro atoms. The van der Waals surface area contributed by atoms with Crippen LogP contribution in [0, 0.1) is 0 Å². The summed E-state index contributed by atoms with van der Waals surface area (Å²) in [5, 5.41) is 14.8. The van der Waals surface area contributed by atoms with E-state index in [0.717, 1.165) is 5.56 Å². The van der Waals surface area contributed by atoms with Crippen LogP contribution >= 0.6 is 46.3 Å². The van der Waals surface area contributed by atoms with Gasteiger partial charge in [-0.15, -0.1) is 10.2 Å². The number of nitrogens with one attached hydrogen (secondary N) is 2. The number of hydrogen-bond donors (Lipinski definition) is 2. The first-order valence-electron chi connectivity index (χ1n) is 8.04. The number of thioether (sulfide) groups is 1. The van der Waals surface area contributed by atoms with Crippen LogP contribution in [0.25, 0.3) is 0 Å². The highest BCUT2D eigenvalue weighted by Crippen LogP contribution is 2.26. The fourth-order valence-corrected chi connectivity index (χ4v) is 4.10. The number of hydrogen-bond acceptors (Lipinski definition) is 6. The van der Waals surface area contributed by atoms with Gasteiger partial charge in [-0.2, -0.15) is 0 Å². The molecule has 0 saturated carbocycles. The molecule has 3 aromatic rings. The molecule has 0 aliphatic rings. The van der Waals surface area contributed by atoms with Crippen LogP contribution in [-0.4, -0.2) is 27.8 Å². The number of aromatic nitrogens is 2. The van der Waals surface area contributed by atoms with E-state index in [-0.39, 0.29) is 17.6 Å². The van der Waals surface area contributed by atoms with Gasteiger partial charge in [-0.1, -0.05) is 70.6 Å². The first-order chi connectivity index (χ1) is 13.5. The number of carbonyl (C=O) groups excluding carboxylic acids is 2. The molecule has 1 heterocycles. The Hall–Kier alpha value is -2.13. The molecule has 0 aliphatic heterocycles. The molecule has 6 nitrogen and oxygen atoms in total. The van der Waals surface area contributed by atoms with Crippen LogP contribution in [0.3, 0.4) is 0 Å². The quantitative estimate of drug-likeness (QED) is 0.407. The molecule has 3 rings (SSSR count). The van der Waals surface area contributed by atoms with Gasteiger partial charge in [-0.05, 0) is 29.8 Å². The third-order valence-electron chi connectivity index (χ3n) is 3.47. The van der Waals surface area contributed by atoms with E-state index in [0.29, 0.717) is 31.6 Å². The van der Waals surface area contributed by atoms with Crippen molar-refractivity contribution in [2.75, 3.05) is 11.1 Å². The van der Waals surface area contributed by atoms with Crippen molar-refractivity contribution in [3.8, 4) is 0 Å². The molecule has 1 aromatic heterocycles. The lowest BCUT2D eigenvalue weighted by molar-refractivity contribution is -0.118. The molecular weight excluding hydrogens is 439 g/mol. The highest BCUT2D eigenvalue weighted by molar-refractivity contribution is 8.01. The minimum Gasteiger partial charge on any atom is -0.351 e. The number of amides is 2. The van der Waals surface area contributed by atoms with Gasteiger partial charge in [0.15, 0.2) is 4.34 Å². The van der Waals surface area contributed by atoms with Crippen molar-refractivity contribution in [2.45, 2.75) is 10.9 Å². The van der Waals surface area contributed by atoms with Crippen LogP contribution in [-0.2, 0) is 11.3 Å². The Morgan fingerprint density at radius 2 is 1.89 bits per heavy atom. The molecule has 10 heteroatoms. The fourth-order valence-electron chi connectivity index (χ4n) is 2.13. The lowest BCUT2D eigenvalue weighted by atomic mass is 10.2. The van der Waals surface area contributed by atoms with Gasteiger partial charge in [0.1, 0.15) is 0 Å². The highest BCUT2D eigenvalue weighted by atomic mass is 35.5. The standard InChI is InChI=1S/C18H14Cl2N4O2S2/c19-13-6-3-5-11(8-13)16(26)22-17-23-24-18(28-17)27-10-15(25)21-9-12-4-1-2-7-14(12)20/h1-8H,9-10H2,(H,21,25)(H,22,23,26). The molecule has 0 aliphatic carbocycles. The van der Waals surface area contributed by atoms with Crippen molar-refractivity contribution in [1.82, 2.24) is 15.5 Å². The third-order valence-corrected chi connectivity index (χ3v) is 6.05. The highest BCUT2D eigenvalue weighted by Gasteiger charge is 2.12. The van der Waals surface area contributed by atoms with Crippen molar-refractivity contribution in [1.29, 1.82) is 0 Å². The minimum atomic E-state index is -0.326. The fraction of sp³-hybridized carbons (Fsp3) is 0.111. The first-order valence-corrected chi connectivity index (χ1v) is 10.6. The van der Waals surface area contributed by atoms with E-state index in [9.17, 15) is 9.59 Å². The van der Waals surface area contributed by atoms with Crippen molar-refractivity contribution >= 4 is 63.2 Å². The predicted molar refractivity (Wildman–Crippen MR) is 113 cm³/mol. The summed E-state index contributed by atoms with van der Waals surface area (Å²) in [6, 6.07) is 13.9. The SMILES string of the molecule is O=C(CSc1nnc(NC(=O)c2cccc(Cl)c2)s1)NCc1ccccc1Cl. The van der Waals surface area contributed by atoms with Crippen LogP contribution < -0.4 is 10.6 Å². The van der Waals surface area contributed by atoms with Crippen LogP contribution in [0.1, 0.15) is 15.9 Å². The van der Waals surface area contributed by atoms with Gasteiger partial charge in [0, 0.05) is 22.2 Å². The predicted octanol–water partition coefficient (Wildman–Crippen LogP) is 4.51. The van der Waals surface area contributed by atoms with Crippen molar-refractivity contribution in [3.05, 3.63) is 69.7 Å². The second-order valence-electron chi connectivity index (χ2n) is 5.49. The Bertz CT molecular complexity index is 997. The van der Waals surface area contributed by atoms with Gasteiger partial charge in [0.2, 0.25) is 11.0 Å². The molecule has 2 aromatic carbocycles. The van der Waals surface area contributed by atoms with Crippen molar-refractivity contribution < 1.29 is 9.59 Å². The van der Waals surface area contributed by atoms with E-state index in [4.69, 9.17) is 23.2 Å². The van der Waals surface area contributed by atoms with Crippen LogP contribution in [0.2, 0.25) is 10.0 Å². The summed E-state index contributed by atoms with van der Waals surface area (Å²) in [6.45, 7) is 0.357. The summed E-state index contributed by atoms with van der Waals surface area (Å²) in [6.07, 6.45) is 0. The summed E-state index contributed by atoms with van der Waals surface area (Å²) in [5.74, 6) is -0.293. The van der Waals surface area contributed by atoms with E-state index in [2.05, 4.69) is 20.8 Å². The first kappa shape index (κ1) is 20.6. The molecule has 0 unspecified atom stereocenters. The zero-order valence-corrected chi connectivity index (χ0v) is 17.5. The number of halogens is 2. The van der Waals surface area contributed by atoms with E-state index < -0.39 is 0 Å². The van der Waals surface area contributed by atoms with Gasteiger partial charge in [0.05, 0.1) is 5.75 Å². The van der Waals surface area contributed by atoms with Crippen LogP contribution in [0.5, 0.6) is 0 Å². The Balaban J connectivity index is 1.47. The second-order valence-corrected chi connectivity index (χ2v) is 8.54. The van der Waals surface area contributed by atoms with E-state index in [1.165, 1.54) is 23.1 Å². The lowest BCUT2D eigenvalue weighted by Gasteiger charge is -2.05. The number of benzene rings is 2. The van der Waals surface area contributed by atoms with Gasteiger partial charge in [0.25, 0.3) is 5.91 Å². The lowest BCUT2D eigenvalue weighted by Crippen LogP contribution is -2.24. The van der Waals surface area contributed by atoms with E-state index in [1.807, 2.05) is 18.2 Å². The molecule has 0 saturated heterocycles. The summed E-state index contributed by atoms with van der Waals surface area (Å²) in [4.78, 5) is 24.2.